The van der Waals surface area contributed by atoms with Crippen molar-refractivity contribution in [3.8, 4) is 0 Å². The summed E-state index contributed by atoms with van der Waals surface area (Å²) < 4.78 is 0. The Hall–Kier alpha value is -1.09. The third kappa shape index (κ3) is 2.70. The van der Waals surface area contributed by atoms with Crippen LogP contribution in [0.25, 0.3) is 0 Å². The van der Waals surface area contributed by atoms with Crippen molar-refractivity contribution in [1.29, 1.82) is 0 Å². The standard InChI is InChI=1S/C11H18N2O/c1-3-8-13(9-4-2)11(14)10-6-5-7-12-10/h3-4,10,12H,1-2,5-9H2/t10-/m0/s1. The Kier molecular flexibility index (Phi) is 4.40. The van der Waals surface area contributed by atoms with Crippen molar-refractivity contribution in [3.05, 3.63) is 25.3 Å². The number of carbonyl (C=O) groups excluding carboxylic acids is 1. The molecule has 1 N–H and O–H groups in total. The van der Waals surface area contributed by atoms with E-state index < -0.39 is 0 Å². The molecule has 0 unspecified atom stereocenters. The highest BCUT2D eigenvalue weighted by Crippen LogP contribution is 2.08. The monoisotopic (exact) mass is 194 g/mol. The lowest BCUT2D eigenvalue weighted by Gasteiger charge is -2.22. The highest BCUT2D eigenvalue weighted by atomic mass is 16.2. The smallest absolute Gasteiger partial charge is 0.240 e. The Bertz CT molecular complexity index is 209. The van der Waals surface area contributed by atoms with Crippen LogP contribution in [0.4, 0.5) is 0 Å². The first-order chi connectivity index (χ1) is 6.79. The van der Waals surface area contributed by atoms with Gasteiger partial charge in [-0.3, -0.25) is 4.79 Å². The summed E-state index contributed by atoms with van der Waals surface area (Å²) in [4.78, 5) is 13.7. The molecule has 1 atom stereocenters. The van der Waals surface area contributed by atoms with Gasteiger partial charge in [0.05, 0.1) is 6.04 Å². The van der Waals surface area contributed by atoms with Crippen LogP contribution in [0.15, 0.2) is 25.3 Å². The number of rotatable bonds is 5. The molecule has 0 aromatic rings. The molecule has 1 heterocycles. The second-order valence-corrected chi connectivity index (χ2v) is 3.47. The van der Waals surface area contributed by atoms with Crippen LogP contribution in [0.5, 0.6) is 0 Å². The molecule has 0 saturated carbocycles. The number of hydrogen-bond donors (Lipinski definition) is 1. The largest absolute Gasteiger partial charge is 0.334 e. The van der Waals surface area contributed by atoms with Crippen molar-refractivity contribution in [2.75, 3.05) is 19.6 Å². The zero-order valence-electron chi connectivity index (χ0n) is 8.54. The van der Waals surface area contributed by atoms with Gasteiger partial charge < -0.3 is 10.2 Å². The molecule has 1 saturated heterocycles. The molecule has 1 aliphatic rings. The van der Waals surface area contributed by atoms with Gasteiger partial charge in [-0.25, -0.2) is 0 Å². The molecule has 0 aromatic heterocycles. The van der Waals surface area contributed by atoms with Gasteiger partial charge in [0.15, 0.2) is 0 Å². The Balaban J connectivity index is 2.51. The van der Waals surface area contributed by atoms with E-state index in [4.69, 9.17) is 0 Å². The van der Waals surface area contributed by atoms with Crippen LogP contribution in [-0.2, 0) is 4.79 Å². The summed E-state index contributed by atoms with van der Waals surface area (Å²) >= 11 is 0. The minimum absolute atomic E-state index is 0.00917. The fraction of sp³-hybridized carbons (Fsp3) is 0.545. The molecule has 3 nitrogen and oxygen atoms in total. The van der Waals surface area contributed by atoms with Crippen molar-refractivity contribution in [1.82, 2.24) is 10.2 Å². The molecule has 78 valence electrons. The highest BCUT2D eigenvalue weighted by Gasteiger charge is 2.25. The van der Waals surface area contributed by atoms with Crippen LogP contribution in [0, 0.1) is 0 Å². The lowest BCUT2D eigenvalue weighted by molar-refractivity contribution is -0.132. The normalized spacial score (nSPS) is 20.4. The van der Waals surface area contributed by atoms with Crippen molar-refractivity contribution >= 4 is 5.91 Å². The minimum atomic E-state index is 0.00917. The summed E-state index contributed by atoms with van der Waals surface area (Å²) in [6.07, 6.45) is 5.53. The molecule has 0 bridgehead atoms. The predicted octanol–water partition coefficient (Wildman–Crippen LogP) is 0.939. The zero-order valence-corrected chi connectivity index (χ0v) is 8.54. The van der Waals surface area contributed by atoms with Crippen LogP contribution >= 0.6 is 0 Å². The van der Waals surface area contributed by atoms with E-state index in [1.54, 1.807) is 17.1 Å². The first-order valence-electron chi connectivity index (χ1n) is 5.03. The van der Waals surface area contributed by atoms with Gasteiger partial charge in [0, 0.05) is 13.1 Å². The summed E-state index contributed by atoms with van der Waals surface area (Å²) in [5.74, 6) is 0.169. The number of nitrogens with one attached hydrogen (secondary N) is 1. The van der Waals surface area contributed by atoms with Gasteiger partial charge in [-0.1, -0.05) is 12.2 Å². The second-order valence-electron chi connectivity index (χ2n) is 3.47. The van der Waals surface area contributed by atoms with Crippen molar-refractivity contribution in [3.63, 3.8) is 0 Å². The molecule has 1 fully saturated rings. The quantitative estimate of drug-likeness (QED) is 0.661. The Morgan fingerprint density at radius 1 is 1.43 bits per heavy atom. The Morgan fingerprint density at radius 3 is 2.50 bits per heavy atom. The second kappa shape index (κ2) is 5.60. The third-order valence-electron chi connectivity index (χ3n) is 2.37. The first kappa shape index (κ1) is 11.0. The maximum absolute atomic E-state index is 11.9. The van der Waals surface area contributed by atoms with Crippen LogP contribution in [0.2, 0.25) is 0 Å². The van der Waals surface area contributed by atoms with Crippen molar-refractivity contribution in [2.45, 2.75) is 18.9 Å². The molecule has 0 aromatic carbocycles. The van der Waals surface area contributed by atoms with Crippen LogP contribution in [0.3, 0.4) is 0 Å². The van der Waals surface area contributed by atoms with Gasteiger partial charge in [-0.05, 0) is 19.4 Å². The number of hydrogen-bond acceptors (Lipinski definition) is 2. The van der Waals surface area contributed by atoms with E-state index in [0.717, 1.165) is 19.4 Å². The maximum atomic E-state index is 11.9. The van der Waals surface area contributed by atoms with Gasteiger partial charge in [-0.15, -0.1) is 13.2 Å². The molecule has 3 heteroatoms. The molecule has 0 radical (unpaired) electrons. The van der Waals surface area contributed by atoms with Crippen LogP contribution < -0.4 is 5.32 Å². The average Bonchev–Trinajstić information content (AvgIpc) is 2.69. The van der Waals surface area contributed by atoms with E-state index in [1.165, 1.54) is 0 Å². The Morgan fingerprint density at radius 2 is 2.07 bits per heavy atom. The summed E-state index contributed by atoms with van der Waals surface area (Å²) in [5, 5.41) is 3.19. The van der Waals surface area contributed by atoms with Gasteiger partial charge in [-0.2, -0.15) is 0 Å². The summed E-state index contributed by atoms with van der Waals surface area (Å²) in [7, 11) is 0. The number of amides is 1. The lowest BCUT2D eigenvalue weighted by Crippen LogP contribution is -2.43. The highest BCUT2D eigenvalue weighted by molar-refractivity contribution is 5.82. The third-order valence-corrected chi connectivity index (χ3v) is 2.37. The first-order valence-corrected chi connectivity index (χ1v) is 5.03. The van der Waals surface area contributed by atoms with Crippen LogP contribution in [0.1, 0.15) is 12.8 Å². The van der Waals surface area contributed by atoms with Crippen molar-refractivity contribution < 1.29 is 4.79 Å². The molecular formula is C11H18N2O. The van der Waals surface area contributed by atoms with E-state index in [9.17, 15) is 4.79 Å². The summed E-state index contributed by atoms with van der Waals surface area (Å²) in [5.41, 5.74) is 0. The van der Waals surface area contributed by atoms with E-state index >= 15 is 0 Å². The fourth-order valence-corrected chi connectivity index (χ4v) is 1.68. The van der Waals surface area contributed by atoms with Crippen LogP contribution in [-0.4, -0.2) is 36.5 Å². The minimum Gasteiger partial charge on any atom is -0.334 e. The van der Waals surface area contributed by atoms with Gasteiger partial charge in [0.25, 0.3) is 0 Å². The van der Waals surface area contributed by atoms with Gasteiger partial charge in [0.1, 0.15) is 0 Å². The summed E-state index contributed by atoms with van der Waals surface area (Å²) in [6.45, 7) is 9.44. The molecule has 0 aliphatic carbocycles. The molecular weight excluding hydrogens is 176 g/mol. The molecule has 1 rings (SSSR count). The number of nitrogens with zero attached hydrogens (tertiary/aromatic N) is 1. The summed E-state index contributed by atoms with van der Waals surface area (Å²) in [6, 6.07) is 0.00917. The topological polar surface area (TPSA) is 32.3 Å². The molecule has 1 amide bonds. The molecule has 1 aliphatic heterocycles. The molecule has 14 heavy (non-hydrogen) atoms. The average molecular weight is 194 g/mol. The fourth-order valence-electron chi connectivity index (χ4n) is 1.68. The maximum Gasteiger partial charge on any atom is 0.240 e. The zero-order chi connectivity index (χ0) is 10.4. The number of carbonyl (C=O) groups is 1. The van der Waals surface area contributed by atoms with E-state index in [0.29, 0.717) is 13.1 Å². The van der Waals surface area contributed by atoms with Gasteiger partial charge in [0.2, 0.25) is 5.91 Å². The predicted molar refractivity (Wildman–Crippen MR) is 58.0 cm³/mol. The van der Waals surface area contributed by atoms with E-state index in [-0.39, 0.29) is 11.9 Å². The lowest BCUT2D eigenvalue weighted by atomic mass is 10.2. The SMILES string of the molecule is C=CCN(CC=C)C(=O)[C@@H]1CCCN1. The Labute approximate surface area is 85.5 Å². The van der Waals surface area contributed by atoms with E-state index in [2.05, 4.69) is 18.5 Å². The van der Waals surface area contributed by atoms with Crippen molar-refractivity contribution in [2.24, 2.45) is 0 Å². The van der Waals surface area contributed by atoms with E-state index in [1.807, 2.05) is 0 Å². The molecule has 0 spiro atoms. The van der Waals surface area contributed by atoms with Gasteiger partial charge >= 0.3 is 0 Å².